The predicted molar refractivity (Wildman–Crippen MR) is 70.6 cm³/mol. The average molecular weight is 244 g/mol. The van der Waals surface area contributed by atoms with E-state index in [-0.39, 0.29) is 6.04 Å². The highest BCUT2D eigenvalue weighted by molar-refractivity contribution is 7.98. The largest absolute Gasteiger partial charge is 0.325 e. The molecule has 0 spiro atoms. The van der Waals surface area contributed by atoms with E-state index in [0.717, 1.165) is 25.3 Å². The minimum Gasteiger partial charge on any atom is -0.325 e. The molecular weight excluding hydrogens is 220 g/mol. The van der Waals surface area contributed by atoms with Gasteiger partial charge in [0.05, 0.1) is 12.7 Å². The van der Waals surface area contributed by atoms with Crippen LogP contribution in [0.3, 0.4) is 0 Å². The minimum atomic E-state index is 0.0425. The Morgan fingerprint density at radius 3 is 2.69 bits per heavy atom. The molecule has 0 aromatic carbocycles. The van der Waals surface area contributed by atoms with Gasteiger partial charge < -0.3 is 4.90 Å². The van der Waals surface area contributed by atoms with E-state index in [1.807, 2.05) is 16.7 Å². The van der Waals surface area contributed by atoms with Gasteiger partial charge in [0, 0.05) is 11.8 Å². The van der Waals surface area contributed by atoms with Crippen molar-refractivity contribution in [1.82, 2.24) is 10.2 Å². The summed E-state index contributed by atoms with van der Waals surface area (Å²) in [6, 6.07) is 0.435. The first-order valence-corrected chi connectivity index (χ1v) is 7.57. The van der Waals surface area contributed by atoms with Crippen molar-refractivity contribution in [3.63, 3.8) is 0 Å². The van der Waals surface area contributed by atoms with E-state index in [1.54, 1.807) is 0 Å². The van der Waals surface area contributed by atoms with E-state index < -0.39 is 0 Å². The van der Waals surface area contributed by atoms with Crippen molar-refractivity contribution in [3.8, 4) is 0 Å². The molecule has 1 amide bonds. The number of carbonyl (C=O) groups is 1. The molecule has 1 heterocycles. The molecule has 1 N–H and O–H groups in total. The molecule has 0 aromatic rings. The molecule has 1 aliphatic rings. The summed E-state index contributed by atoms with van der Waals surface area (Å²) < 4.78 is 0. The van der Waals surface area contributed by atoms with E-state index in [2.05, 4.69) is 32.3 Å². The van der Waals surface area contributed by atoms with Gasteiger partial charge in [-0.05, 0) is 18.6 Å². The fourth-order valence-electron chi connectivity index (χ4n) is 2.15. The van der Waals surface area contributed by atoms with Crippen LogP contribution in [0.5, 0.6) is 0 Å². The van der Waals surface area contributed by atoms with Crippen LogP contribution in [0.1, 0.15) is 33.6 Å². The molecule has 3 unspecified atom stereocenters. The molecule has 3 nitrogen and oxygen atoms in total. The Bertz CT molecular complexity index is 235. The lowest BCUT2D eigenvalue weighted by Crippen LogP contribution is -2.41. The highest BCUT2D eigenvalue weighted by Crippen LogP contribution is 2.20. The zero-order chi connectivity index (χ0) is 12.1. The maximum Gasteiger partial charge on any atom is 0.241 e. The summed E-state index contributed by atoms with van der Waals surface area (Å²) in [6.45, 7) is 7.17. The fourth-order valence-corrected chi connectivity index (χ4v) is 2.95. The van der Waals surface area contributed by atoms with Crippen LogP contribution in [-0.2, 0) is 4.79 Å². The van der Waals surface area contributed by atoms with Crippen LogP contribution in [0.15, 0.2) is 0 Å². The number of amides is 1. The molecule has 4 heteroatoms. The second kappa shape index (κ2) is 6.50. The van der Waals surface area contributed by atoms with E-state index in [4.69, 9.17) is 0 Å². The minimum absolute atomic E-state index is 0.0425. The molecule has 0 radical (unpaired) electrons. The quantitative estimate of drug-likeness (QED) is 0.775. The third kappa shape index (κ3) is 2.92. The van der Waals surface area contributed by atoms with Crippen molar-refractivity contribution in [2.24, 2.45) is 5.92 Å². The fraction of sp³-hybridized carbons (Fsp3) is 0.917. The number of nitrogens with one attached hydrogen (secondary N) is 1. The first kappa shape index (κ1) is 13.8. The van der Waals surface area contributed by atoms with Gasteiger partial charge in [0.25, 0.3) is 0 Å². The lowest BCUT2D eigenvalue weighted by molar-refractivity contribution is -0.131. The van der Waals surface area contributed by atoms with E-state index in [1.165, 1.54) is 0 Å². The molecule has 0 aromatic heterocycles. The third-order valence-corrected chi connectivity index (χ3v) is 4.23. The van der Waals surface area contributed by atoms with Crippen molar-refractivity contribution in [2.75, 3.05) is 18.7 Å². The SMILES string of the molecule is CCC(C)C1NCN(C(CC)CSC)C1=O. The molecular formula is C12H24N2OS. The maximum atomic E-state index is 12.2. The zero-order valence-electron chi connectivity index (χ0n) is 10.8. The van der Waals surface area contributed by atoms with Crippen LogP contribution in [-0.4, -0.2) is 41.6 Å². The molecule has 1 saturated heterocycles. The third-order valence-electron chi connectivity index (χ3n) is 3.51. The summed E-state index contributed by atoms with van der Waals surface area (Å²) in [5.41, 5.74) is 0. The number of carbonyl (C=O) groups excluding carboxylic acids is 1. The van der Waals surface area contributed by atoms with Gasteiger partial charge in [-0.3, -0.25) is 10.1 Å². The van der Waals surface area contributed by atoms with Crippen LogP contribution >= 0.6 is 11.8 Å². The van der Waals surface area contributed by atoms with E-state index in [9.17, 15) is 4.79 Å². The topological polar surface area (TPSA) is 32.3 Å². The molecule has 16 heavy (non-hydrogen) atoms. The number of hydrogen-bond acceptors (Lipinski definition) is 3. The Hall–Kier alpha value is -0.220. The van der Waals surface area contributed by atoms with Crippen molar-refractivity contribution in [3.05, 3.63) is 0 Å². The van der Waals surface area contributed by atoms with Gasteiger partial charge in [-0.25, -0.2) is 0 Å². The Labute approximate surface area is 103 Å². The van der Waals surface area contributed by atoms with Crippen molar-refractivity contribution in [1.29, 1.82) is 0 Å². The number of hydrogen-bond donors (Lipinski definition) is 1. The summed E-state index contributed by atoms with van der Waals surface area (Å²) >= 11 is 1.82. The van der Waals surface area contributed by atoms with Gasteiger partial charge in [-0.15, -0.1) is 0 Å². The molecule has 3 atom stereocenters. The predicted octanol–water partition coefficient (Wildman–Crippen LogP) is 1.93. The average Bonchev–Trinajstić information content (AvgIpc) is 2.67. The van der Waals surface area contributed by atoms with Gasteiger partial charge in [-0.2, -0.15) is 11.8 Å². The monoisotopic (exact) mass is 244 g/mol. The Balaban J connectivity index is 2.61. The number of nitrogens with zero attached hydrogens (tertiary/aromatic N) is 1. The summed E-state index contributed by atoms with van der Waals surface area (Å²) in [6.07, 6.45) is 4.20. The normalized spacial score (nSPS) is 24.9. The van der Waals surface area contributed by atoms with Gasteiger partial charge in [-0.1, -0.05) is 27.2 Å². The smallest absolute Gasteiger partial charge is 0.241 e. The molecule has 94 valence electrons. The summed E-state index contributed by atoms with van der Waals surface area (Å²) in [7, 11) is 0. The lowest BCUT2D eigenvalue weighted by Gasteiger charge is -2.26. The first-order valence-electron chi connectivity index (χ1n) is 6.18. The Morgan fingerprint density at radius 2 is 2.19 bits per heavy atom. The van der Waals surface area contributed by atoms with Crippen LogP contribution in [0.2, 0.25) is 0 Å². The maximum absolute atomic E-state index is 12.2. The second-order valence-corrected chi connectivity index (χ2v) is 5.46. The molecule has 1 fully saturated rings. The second-order valence-electron chi connectivity index (χ2n) is 4.55. The van der Waals surface area contributed by atoms with Crippen molar-refractivity contribution < 1.29 is 4.79 Å². The standard InChI is InChI=1S/C12H24N2OS/c1-5-9(3)11-12(15)14(8-13-11)10(6-2)7-16-4/h9-11,13H,5-8H2,1-4H3. The highest BCUT2D eigenvalue weighted by Gasteiger charge is 2.36. The molecule has 1 aliphatic heterocycles. The molecule has 0 saturated carbocycles. The van der Waals surface area contributed by atoms with Crippen LogP contribution < -0.4 is 5.32 Å². The lowest BCUT2D eigenvalue weighted by atomic mass is 9.99. The first-order chi connectivity index (χ1) is 7.65. The summed E-state index contributed by atoms with van der Waals surface area (Å²) in [5, 5.41) is 3.35. The molecule has 0 bridgehead atoms. The molecule has 1 rings (SSSR count). The van der Waals surface area contributed by atoms with Crippen LogP contribution in [0, 0.1) is 5.92 Å². The zero-order valence-corrected chi connectivity index (χ0v) is 11.6. The highest BCUT2D eigenvalue weighted by atomic mass is 32.2. The van der Waals surface area contributed by atoms with Gasteiger partial charge in [0.1, 0.15) is 0 Å². The number of rotatable bonds is 6. The van der Waals surface area contributed by atoms with Crippen molar-refractivity contribution >= 4 is 17.7 Å². The van der Waals surface area contributed by atoms with Crippen LogP contribution in [0.25, 0.3) is 0 Å². The van der Waals surface area contributed by atoms with Crippen LogP contribution in [0.4, 0.5) is 0 Å². The van der Waals surface area contributed by atoms with Gasteiger partial charge in [0.2, 0.25) is 5.91 Å². The summed E-state index contributed by atoms with van der Waals surface area (Å²) in [5.74, 6) is 1.77. The van der Waals surface area contributed by atoms with E-state index >= 15 is 0 Å². The Morgan fingerprint density at radius 1 is 1.50 bits per heavy atom. The number of thioether (sulfide) groups is 1. The van der Waals surface area contributed by atoms with Gasteiger partial charge in [0.15, 0.2) is 0 Å². The molecule has 0 aliphatic carbocycles. The van der Waals surface area contributed by atoms with E-state index in [0.29, 0.717) is 17.9 Å². The van der Waals surface area contributed by atoms with Crippen molar-refractivity contribution in [2.45, 2.75) is 45.7 Å². The van der Waals surface area contributed by atoms with Gasteiger partial charge >= 0.3 is 0 Å². The summed E-state index contributed by atoms with van der Waals surface area (Å²) in [4.78, 5) is 14.3. The Kier molecular flexibility index (Phi) is 5.62.